The van der Waals surface area contributed by atoms with Crippen molar-refractivity contribution < 1.29 is 14.4 Å². The van der Waals surface area contributed by atoms with Gasteiger partial charge in [0.05, 0.1) is 12.5 Å². The number of benzene rings is 1. The van der Waals surface area contributed by atoms with Crippen LogP contribution in [0.5, 0.6) is 0 Å². The largest absolute Gasteiger partial charge is 0.340 e. The number of aryl methyl sites for hydroxylation is 1. The molecule has 3 aliphatic heterocycles. The van der Waals surface area contributed by atoms with E-state index in [-0.39, 0.29) is 23.9 Å². The van der Waals surface area contributed by atoms with E-state index in [1.807, 2.05) is 36.1 Å². The van der Waals surface area contributed by atoms with Gasteiger partial charge in [-0.15, -0.1) is 0 Å². The average Bonchev–Trinajstić information content (AvgIpc) is 2.99. The van der Waals surface area contributed by atoms with Crippen molar-refractivity contribution in [2.45, 2.75) is 57.5 Å². The molecule has 3 aliphatic rings. The Morgan fingerprint density at radius 1 is 1.17 bits per heavy atom. The van der Waals surface area contributed by atoms with E-state index in [9.17, 15) is 14.4 Å². The molecule has 1 N–H and O–H groups in total. The van der Waals surface area contributed by atoms with Crippen LogP contribution in [0.4, 0.5) is 4.79 Å². The van der Waals surface area contributed by atoms with Crippen LogP contribution in [-0.4, -0.2) is 76.8 Å². The molecule has 162 valence electrons. The first-order valence-electron chi connectivity index (χ1n) is 11.1. The molecule has 1 aromatic rings. The molecule has 4 rings (SSSR count). The summed E-state index contributed by atoms with van der Waals surface area (Å²) in [5, 5.41) is 3.01. The number of carbonyl (C=O) groups is 3. The number of hydrogen-bond acceptors (Lipinski definition) is 4. The van der Waals surface area contributed by atoms with Crippen molar-refractivity contribution >= 4 is 17.8 Å². The molecule has 0 radical (unpaired) electrons. The van der Waals surface area contributed by atoms with Crippen molar-refractivity contribution in [1.82, 2.24) is 20.0 Å². The lowest BCUT2D eigenvalue weighted by molar-refractivity contribution is -0.138. The average molecular weight is 413 g/mol. The highest BCUT2D eigenvalue weighted by atomic mass is 16.2. The summed E-state index contributed by atoms with van der Waals surface area (Å²) < 4.78 is 0. The first-order valence-corrected chi connectivity index (χ1v) is 11.1. The van der Waals surface area contributed by atoms with Gasteiger partial charge < -0.3 is 15.1 Å². The standard InChI is InChI=1S/C23H32N4O3/c1-3-25-13-10-23(11-14-25)21(29)27(22(30)24-23)19-9-6-12-26(16-19)20(28)15-18-8-5-4-7-17(18)2/h4-5,7-8,19H,3,6,9-16H2,1-2H3,(H,24,30)/t19-/m0/s1. The summed E-state index contributed by atoms with van der Waals surface area (Å²) in [5.41, 5.74) is 1.38. The molecule has 4 amide bonds. The lowest BCUT2D eigenvalue weighted by atomic mass is 9.87. The van der Waals surface area contributed by atoms with Gasteiger partial charge in [0.2, 0.25) is 5.91 Å². The van der Waals surface area contributed by atoms with E-state index < -0.39 is 5.54 Å². The van der Waals surface area contributed by atoms with Crippen LogP contribution in [-0.2, 0) is 16.0 Å². The molecule has 0 aliphatic carbocycles. The maximum absolute atomic E-state index is 13.3. The van der Waals surface area contributed by atoms with Crippen LogP contribution < -0.4 is 5.32 Å². The summed E-state index contributed by atoms with van der Waals surface area (Å²) in [5.74, 6) is -0.0338. The minimum atomic E-state index is -0.754. The van der Waals surface area contributed by atoms with E-state index >= 15 is 0 Å². The third-order valence-corrected chi connectivity index (χ3v) is 7.07. The first kappa shape index (κ1) is 20.8. The van der Waals surface area contributed by atoms with Crippen LogP contribution in [0.25, 0.3) is 0 Å². The predicted molar refractivity (Wildman–Crippen MR) is 114 cm³/mol. The lowest BCUT2D eigenvalue weighted by Crippen LogP contribution is -2.56. The summed E-state index contributed by atoms with van der Waals surface area (Å²) in [4.78, 5) is 44.6. The summed E-state index contributed by atoms with van der Waals surface area (Å²) in [6.45, 7) is 7.84. The Hall–Kier alpha value is -2.41. The van der Waals surface area contributed by atoms with Crippen molar-refractivity contribution in [2.24, 2.45) is 0 Å². The minimum Gasteiger partial charge on any atom is -0.340 e. The zero-order valence-corrected chi connectivity index (χ0v) is 18.0. The van der Waals surface area contributed by atoms with Crippen LogP contribution in [0.2, 0.25) is 0 Å². The maximum atomic E-state index is 13.3. The number of piperidine rings is 2. The van der Waals surface area contributed by atoms with Gasteiger partial charge in [-0.05, 0) is 50.3 Å². The molecule has 1 atom stereocenters. The predicted octanol–water partition coefficient (Wildman–Crippen LogP) is 1.93. The van der Waals surface area contributed by atoms with Crippen LogP contribution in [0, 0.1) is 6.92 Å². The van der Waals surface area contributed by atoms with E-state index in [1.165, 1.54) is 4.90 Å². The monoisotopic (exact) mass is 412 g/mol. The molecule has 3 fully saturated rings. The quantitative estimate of drug-likeness (QED) is 0.767. The van der Waals surface area contributed by atoms with Crippen molar-refractivity contribution in [3.05, 3.63) is 35.4 Å². The molecule has 1 spiro atoms. The van der Waals surface area contributed by atoms with Gasteiger partial charge in [-0.1, -0.05) is 31.2 Å². The van der Waals surface area contributed by atoms with Crippen LogP contribution in [0.3, 0.4) is 0 Å². The third-order valence-electron chi connectivity index (χ3n) is 7.07. The maximum Gasteiger partial charge on any atom is 0.325 e. The minimum absolute atomic E-state index is 0.0621. The SMILES string of the molecule is CCN1CCC2(CC1)NC(=O)N([C@H]1CCCN(C(=O)Cc3ccccc3C)C1)C2=O. The molecule has 3 heterocycles. The van der Waals surface area contributed by atoms with E-state index in [2.05, 4.69) is 17.1 Å². The molecule has 7 nitrogen and oxygen atoms in total. The van der Waals surface area contributed by atoms with Crippen LogP contribution in [0.1, 0.15) is 43.7 Å². The Bertz CT molecular complexity index is 831. The van der Waals surface area contributed by atoms with Gasteiger partial charge in [-0.2, -0.15) is 0 Å². The van der Waals surface area contributed by atoms with Crippen molar-refractivity contribution in [3.8, 4) is 0 Å². The number of rotatable bonds is 4. The van der Waals surface area contributed by atoms with Gasteiger partial charge in [-0.3, -0.25) is 14.5 Å². The molecule has 0 aromatic heterocycles. The lowest BCUT2D eigenvalue weighted by Gasteiger charge is -2.39. The Morgan fingerprint density at radius 3 is 2.60 bits per heavy atom. The summed E-state index contributed by atoms with van der Waals surface area (Å²) in [6, 6.07) is 7.39. The topological polar surface area (TPSA) is 73.0 Å². The molecular weight excluding hydrogens is 380 g/mol. The zero-order chi connectivity index (χ0) is 21.3. The number of likely N-dealkylation sites (tertiary alicyclic amines) is 2. The Morgan fingerprint density at radius 2 is 1.90 bits per heavy atom. The second-order valence-corrected chi connectivity index (χ2v) is 8.86. The molecule has 0 unspecified atom stereocenters. The number of carbonyl (C=O) groups excluding carboxylic acids is 3. The van der Waals surface area contributed by atoms with Crippen LogP contribution >= 0.6 is 0 Å². The zero-order valence-electron chi connectivity index (χ0n) is 18.0. The fourth-order valence-electron chi connectivity index (χ4n) is 5.04. The number of amides is 4. The fraction of sp³-hybridized carbons (Fsp3) is 0.609. The van der Waals surface area contributed by atoms with E-state index in [1.54, 1.807) is 0 Å². The van der Waals surface area contributed by atoms with Gasteiger partial charge >= 0.3 is 6.03 Å². The fourth-order valence-corrected chi connectivity index (χ4v) is 5.04. The van der Waals surface area contributed by atoms with E-state index in [0.717, 1.165) is 43.6 Å². The molecule has 0 saturated carbocycles. The van der Waals surface area contributed by atoms with Crippen molar-refractivity contribution in [2.75, 3.05) is 32.7 Å². The molecule has 3 saturated heterocycles. The van der Waals surface area contributed by atoms with Gasteiger partial charge in [0.25, 0.3) is 5.91 Å². The van der Waals surface area contributed by atoms with Gasteiger partial charge in [0.1, 0.15) is 5.54 Å². The smallest absolute Gasteiger partial charge is 0.325 e. The number of imide groups is 1. The second kappa shape index (κ2) is 8.38. The molecule has 0 bridgehead atoms. The van der Waals surface area contributed by atoms with Crippen molar-refractivity contribution in [1.29, 1.82) is 0 Å². The van der Waals surface area contributed by atoms with Crippen molar-refractivity contribution in [3.63, 3.8) is 0 Å². The van der Waals surface area contributed by atoms with Crippen LogP contribution in [0.15, 0.2) is 24.3 Å². The third kappa shape index (κ3) is 3.83. The molecule has 30 heavy (non-hydrogen) atoms. The number of hydrogen-bond donors (Lipinski definition) is 1. The number of nitrogens with zero attached hydrogens (tertiary/aromatic N) is 3. The Balaban J connectivity index is 1.43. The molecular formula is C23H32N4O3. The second-order valence-electron chi connectivity index (χ2n) is 8.86. The molecule has 7 heteroatoms. The Labute approximate surface area is 178 Å². The van der Waals surface area contributed by atoms with Gasteiger partial charge in [-0.25, -0.2) is 4.79 Å². The Kier molecular flexibility index (Phi) is 5.82. The molecule has 1 aromatic carbocycles. The number of nitrogens with one attached hydrogen (secondary N) is 1. The van der Waals surface area contributed by atoms with Gasteiger partial charge in [0.15, 0.2) is 0 Å². The highest BCUT2D eigenvalue weighted by Crippen LogP contribution is 2.32. The van der Waals surface area contributed by atoms with Gasteiger partial charge in [0, 0.05) is 26.2 Å². The van der Waals surface area contributed by atoms with E-state index in [0.29, 0.717) is 32.4 Å². The number of urea groups is 1. The summed E-state index contributed by atoms with van der Waals surface area (Å²) in [7, 11) is 0. The summed E-state index contributed by atoms with van der Waals surface area (Å²) >= 11 is 0. The highest BCUT2D eigenvalue weighted by molar-refractivity contribution is 6.07. The highest BCUT2D eigenvalue weighted by Gasteiger charge is 2.54. The first-order chi connectivity index (χ1) is 14.4. The summed E-state index contributed by atoms with van der Waals surface area (Å²) in [6.07, 6.45) is 3.23. The normalized spacial score (nSPS) is 24.4. The van der Waals surface area contributed by atoms with E-state index in [4.69, 9.17) is 0 Å².